The molecule has 0 aliphatic carbocycles. The van der Waals surface area contributed by atoms with Crippen molar-refractivity contribution in [3.63, 3.8) is 0 Å². The van der Waals surface area contributed by atoms with Crippen LogP contribution in [0.5, 0.6) is 0 Å². The van der Waals surface area contributed by atoms with Gasteiger partial charge in [-0.15, -0.1) is 0 Å². The summed E-state index contributed by atoms with van der Waals surface area (Å²) in [6.45, 7) is 2.97. The first-order valence-electron chi connectivity index (χ1n) is 8.12. The number of nitrogens with one attached hydrogen (secondary N) is 1. The molecule has 2 amide bonds. The van der Waals surface area contributed by atoms with Gasteiger partial charge in [0.1, 0.15) is 0 Å². The summed E-state index contributed by atoms with van der Waals surface area (Å²) in [5, 5.41) is 13.5. The maximum Gasteiger partial charge on any atom is 0.317 e. The number of ether oxygens (including phenoxy) is 2. The van der Waals surface area contributed by atoms with E-state index in [4.69, 9.17) is 9.47 Å². The van der Waals surface area contributed by atoms with Crippen molar-refractivity contribution in [1.82, 2.24) is 10.2 Å². The number of carbonyl (C=O) groups is 1. The molecule has 0 aromatic heterocycles. The molecule has 1 spiro atoms. The Kier molecular flexibility index (Phi) is 4.96. The number of hydrogen-bond acceptors (Lipinski definition) is 5. The summed E-state index contributed by atoms with van der Waals surface area (Å²) in [5.74, 6) is -0.477. The maximum absolute atomic E-state index is 12.2. The molecule has 2 aliphatic heterocycles. The first-order chi connectivity index (χ1) is 11.6. The van der Waals surface area contributed by atoms with E-state index >= 15 is 0 Å². The fourth-order valence-electron chi connectivity index (χ4n) is 3.05. The van der Waals surface area contributed by atoms with Gasteiger partial charge in [0.2, 0.25) is 0 Å². The Bertz CT molecular complexity index is 588. The zero-order chi connectivity index (χ0) is 17.0. The predicted octanol–water partition coefficient (Wildman–Crippen LogP) is 1.69. The van der Waals surface area contributed by atoms with E-state index in [1.807, 2.05) is 0 Å². The minimum Gasteiger partial charge on any atom is -0.347 e. The molecule has 24 heavy (non-hydrogen) atoms. The summed E-state index contributed by atoms with van der Waals surface area (Å²) in [6.07, 6.45) is 2.03. The normalized spacial score (nSPS) is 19.4. The number of urea groups is 1. The number of benzene rings is 1. The van der Waals surface area contributed by atoms with E-state index in [0.29, 0.717) is 52.1 Å². The molecule has 0 atom stereocenters. The lowest BCUT2D eigenvalue weighted by Gasteiger charge is -2.37. The van der Waals surface area contributed by atoms with Gasteiger partial charge in [0.25, 0.3) is 5.69 Å². The van der Waals surface area contributed by atoms with Gasteiger partial charge in [0.05, 0.1) is 18.1 Å². The largest absolute Gasteiger partial charge is 0.347 e. The molecule has 0 bridgehead atoms. The number of rotatable bonds is 4. The van der Waals surface area contributed by atoms with Crippen LogP contribution in [0.1, 0.15) is 18.4 Å². The van der Waals surface area contributed by atoms with Crippen molar-refractivity contribution < 1.29 is 19.2 Å². The van der Waals surface area contributed by atoms with Gasteiger partial charge in [0.15, 0.2) is 5.79 Å². The lowest BCUT2D eigenvalue weighted by Crippen LogP contribution is -2.50. The van der Waals surface area contributed by atoms with Crippen LogP contribution in [0.3, 0.4) is 0 Å². The van der Waals surface area contributed by atoms with Gasteiger partial charge < -0.3 is 19.7 Å². The molecule has 0 unspecified atom stereocenters. The van der Waals surface area contributed by atoms with Crippen molar-refractivity contribution in [3.8, 4) is 0 Å². The van der Waals surface area contributed by atoms with Crippen LogP contribution in [-0.4, -0.2) is 54.5 Å². The summed E-state index contributed by atoms with van der Waals surface area (Å²) in [5.41, 5.74) is 1.02. The molecule has 2 saturated heterocycles. The van der Waals surface area contributed by atoms with Crippen LogP contribution >= 0.6 is 0 Å². The van der Waals surface area contributed by atoms with E-state index in [1.165, 1.54) is 12.1 Å². The Balaban J connectivity index is 1.40. The second-order valence-electron chi connectivity index (χ2n) is 6.00. The third-order valence-corrected chi connectivity index (χ3v) is 4.46. The van der Waals surface area contributed by atoms with Crippen molar-refractivity contribution in [2.24, 2.45) is 0 Å². The third kappa shape index (κ3) is 3.82. The maximum atomic E-state index is 12.2. The molecule has 2 heterocycles. The quantitative estimate of drug-likeness (QED) is 0.667. The predicted molar refractivity (Wildman–Crippen MR) is 85.6 cm³/mol. The first kappa shape index (κ1) is 16.7. The second kappa shape index (κ2) is 7.14. The number of carbonyl (C=O) groups excluding carboxylic acids is 1. The first-order valence-corrected chi connectivity index (χ1v) is 8.12. The lowest BCUT2D eigenvalue weighted by molar-refractivity contribution is -0.384. The van der Waals surface area contributed by atoms with E-state index in [0.717, 1.165) is 5.56 Å². The molecule has 3 rings (SSSR count). The van der Waals surface area contributed by atoms with Crippen LogP contribution in [0, 0.1) is 10.1 Å². The Morgan fingerprint density at radius 2 is 1.83 bits per heavy atom. The number of non-ortho nitro benzene ring substituents is 1. The molecule has 0 radical (unpaired) electrons. The van der Waals surface area contributed by atoms with Crippen LogP contribution < -0.4 is 5.32 Å². The molecule has 1 N–H and O–H groups in total. The molecule has 1 aromatic carbocycles. The minimum absolute atomic E-state index is 0.0707. The lowest BCUT2D eigenvalue weighted by atomic mass is 10.0. The summed E-state index contributed by atoms with van der Waals surface area (Å²) in [6, 6.07) is 6.28. The van der Waals surface area contributed by atoms with Gasteiger partial charge in [0, 0.05) is 44.6 Å². The number of amides is 2. The van der Waals surface area contributed by atoms with Crippen molar-refractivity contribution >= 4 is 11.7 Å². The molecular formula is C16H21N3O5. The molecule has 8 nitrogen and oxygen atoms in total. The number of hydrogen-bond donors (Lipinski definition) is 1. The van der Waals surface area contributed by atoms with Gasteiger partial charge >= 0.3 is 6.03 Å². The highest BCUT2D eigenvalue weighted by atomic mass is 16.7. The average molecular weight is 335 g/mol. The van der Waals surface area contributed by atoms with Crippen LogP contribution in [0.4, 0.5) is 10.5 Å². The number of likely N-dealkylation sites (tertiary alicyclic amines) is 1. The zero-order valence-electron chi connectivity index (χ0n) is 13.4. The molecule has 8 heteroatoms. The third-order valence-electron chi connectivity index (χ3n) is 4.46. The van der Waals surface area contributed by atoms with Gasteiger partial charge in [-0.25, -0.2) is 4.79 Å². The van der Waals surface area contributed by atoms with Crippen molar-refractivity contribution in [1.29, 1.82) is 0 Å². The van der Waals surface area contributed by atoms with E-state index < -0.39 is 10.7 Å². The van der Waals surface area contributed by atoms with E-state index in [1.54, 1.807) is 17.0 Å². The standard InChI is InChI=1S/C16H21N3O5/c20-15(18-9-6-16(7-10-18)23-11-12-24-16)17-8-5-13-1-3-14(4-2-13)19(21)22/h1-4H,5-12H2,(H,17,20). The topological polar surface area (TPSA) is 93.9 Å². The molecule has 130 valence electrons. The van der Waals surface area contributed by atoms with Gasteiger partial charge in [-0.05, 0) is 12.0 Å². The Hall–Kier alpha value is -2.19. The van der Waals surface area contributed by atoms with E-state index in [2.05, 4.69) is 5.32 Å². The highest BCUT2D eigenvalue weighted by molar-refractivity contribution is 5.74. The monoisotopic (exact) mass is 335 g/mol. The Labute approximate surface area is 139 Å². The number of piperidine rings is 1. The smallest absolute Gasteiger partial charge is 0.317 e. The molecule has 1 aromatic rings. The summed E-state index contributed by atoms with van der Waals surface area (Å²) < 4.78 is 11.3. The van der Waals surface area contributed by atoms with Gasteiger partial charge in [-0.2, -0.15) is 0 Å². The van der Waals surface area contributed by atoms with Crippen molar-refractivity contribution in [2.75, 3.05) is 32.8 Å². The van der Waals surface area contributed by atoms with Crippen molar-refractivity contribution in [2.45, 2.75) is 25.0 Å². The second-order valence-corrected chi connectivity index (χ2v) is 6.00. The van der Waals surface area contributed by atoms with Crippen LogP contribution in [0.25, 0.3) is 0 Å². The molecule has 0 saturated carbocycles. The van der Waals surface area contributed by atoms with Gasteiger partial charge in [-0.3, -0.25) is 10.1 Å². The number of nitro benzene ring substituents is 1. The highest BCUT2D eigenvalue weighted by Gasteiger charge is 2.40. The van der Waals surface area contributed by atoms with Crippen LogP contribution in [0.2, 0.25) is 0 Å². The fourth-order valence-corrected chi connectivity index (χ4v) is 3.05. The van der Waals surface area contributed by atoms with E-state index in [-0.39, 0.29) is 11.7 Å². The van der Waals surface area contributed by atoms with Gasteiger partial charge in [-0.1, -0.05) is 12.1 Å². The summed E-state index contributed by atoms with van der Waals surface area (Å²) in [4.78, 5) is 24.1. The number of nitrogens with zero attached hydrogens (tertiary/aromatic N) is 2. The number of nitro groups is 1. The SMILES string of the molecule is O=C(NCCc1ccc([N+](=O)[O-])cc1)N1CCC2(CC1)OCCO2. The fraction of sp³-hybridized carbons (Fsp3) is 0.562. The van der Waals surface area contributed by atoms with Crippen LogP contribution in [0.15, 0.2) is 24.3 Å². The summed E-state index contributed by atoms with van der Waals surface area (Å²) >= 11 is 0. The zero-order valence-corrected chi connectivity index (χ0v) is 13.4. The average Bonchev–Trinajstić information content (AvgIpc) is 3.04. The van der Waals surface area contributed by atoms with Crippen LogP contribution in [-0.2, 0) is 15.9 Å². The Morgan fingerprint density at radius 3 is 2.42 bits per heavy atom. The van der Waals surface area contributed by atoms with Crippen molar-refractivity contribution in [3.05, 3.63) is 39.9 Å². The summed E-state index contributed by atoms with van der Waals surface area (Å²) in [7, 11) is 0. The highest BCUT2D eigenvalue weighted by Crippen LogP contribution is 2.31. The molecule has 2 fully saturated rings. The Morgan fingerprint density at radius 1 is 1.21 bits per heavy atom. The van der Waals surface area contributed by atoms with E-state index in [9.17, 15) is 14.9 Å². The molecule has 2 aliphatic rings. The molecular weight excluding hydrogens is 314 g/mol. The minimum atomic E-state index is -0.477.